The summed E-state index contributed by atoms with van der Waals surface area (Å²) >= 11 is 0. The number of aliphatic hydroxyl groups excluding tert-OH is 1. The molecule has 1 saturated heterocycles. The average Bonchev–Trinajstić information content (AvgIpc) is 2.94. The summed E-state index contributed by atoms with van der Waals surface area (Å²) in [5, 5.41) is 14.5. The molecule has 94 valence electrons. The van der Waals surface area contributed by atoms with E-state index in [1.165, 1.54) is 6.42 Å². The molecule has 0 amide bonds. The highest BCUT2D eigenvalue weighted by atomic mass is 16.3. The van der Waals surface area contributed by atoms with Gasteiger partial charge in [0.05, 0.1) is 6.04 Å². The van der Waals surface area contributed by atoms with Gasteiger partial charge in [-0.25, -0.2) is 9.67 Å². The van der Waals surface area contributed by atoms with Gasteiger partial charge in [0, 0.05) is 6.54 Å². The molecule has 17 heavy (non-hydrogen) atoms. The maximum absolute atomic E-state index is 9.90. The Bertz CT molecular complexity index is 403. The van der Waals surface area contributed by atoms with Crippen molar-refractivity contribution in [2.24, 2.45) is 0 Å². The molecule has 1 N–H and O–H groups in total. The van der Waals surface area contributed by atoms with Crippen LogP contribution in [-0.4, -0.2) is 37.9 Å². The lowest BCUT2D eigenvalue weighted by Gasteiger charge is -2.19. The molecule has 5 heteroatoms. The van der Waals surface area contributed by atoms with Crippen LogP contribution < -0.4 is 0 Å². The standard InChI is InChI=1S/C12H20N4O/c1-2-15-7-3-5-9(15)11-13-12-10(17)6-4-8-16(12)14-11/h9-10,17H,2-8H2,1H3. The smallest absolute Gasteiger partial charge is 0.168 e. The normalized spacial score (nSPS) is 29.5. The van der Waals surface area contributed by atoms with Crippen LogP contribution in [0.25, 0.3) is 0 Å². The van der Waals surface area contributed by atoms with Crippen molar-refractivity contribution in [2.45, 2.75) is 51.3 Å². The molecule has 2 aliphatic rings. The fourth-order valence-corrected chi connectivity index (χ4v) is 2.99. The zero-order valence-corrected chi connectivity index (χ0v) is 10.3. The first-order valence-corrected chi connectivity index (χ1v) is 6.66. The quantitative estimate of drug-likeness (QED) is 0.840. The van der Waals surface area contributed by atoms with E-state index in [0.29, 0.717) is 6.04 Å². The van der Waals surface area contributed by atoms with E-state index in [2.05, 4.69) is 21.9 Å². The lowest BCUT2D eigenvalue weighted by atomic mass is 10.1. The second-order valence-electron chi connectivity index (χ2n) is 5.00. The minimum absolute atomic E-state index is 0.366. The number of hydrogen-bond donors (Lipinski definition) is 1. The number of likely N-dealkylation sites (tertiary alicyclic amines) is 1. The van der Waals surface area contributed by atoms with Crippen LogP contribution in [0.5, 0.6) is 0 Å². The molecule has 1 fully saturated rings. The number of aromatic nitrogens is 3. The zero-order valence-electron chi connectivity index (χ0n) is 10.3. The molecular weight excluding hydrogens is 216 g/mol. The first kappa shape index (κ1) is 11.2. The number of aliphatic hydroxyl groups is 1. The van der Waals surface area contributed by atoms with Crippen molar-refractivity contribution < 1.29 is 5.11 Å². The summed E-state index contributed by atoms with van der Waals surface area (Å²) in [4.78, 5) is 7.00. The monoisotopic (exact) mass is 236 g/mol. The van der Waals surface area contributed by atoms with Crippen LogP contribution >= 0.6 is 0 Å². The molecule has 0 spiro atoms. The summed E-state index contributed by atoms with van der Waals surface area (Å²) in [6, 6.07) is 0.366. The summed E-state index contributed by atoms with van der Waals surface area (Å²) in [7, 11) is 0. The molecule has 0 saturated carbocycles. The number of rotatable bonds is 2. The van der Waals surface area contributed by atoms with Gasteiger partial charge >= 0.3 is 0 Å². The molecule has 1 aromatic heterocycles. The van der Waals surface area contributed by atoms with E-state index >= 15 is 0 Å². The Hall–Kier alpha value is -0.940. The molecule has 2 aliphatic heterocycles. The summed E-state index contributed by atoms with van der Waals surface area (Å²) < 4.78 is 1.90. The first-order chi connectivity index (χ1) is 8.29. The van der Waals surface area contributed by atoms with E-state index in [-0.39, 0.29) is 0 Å². The highest BCUT2D eigenvalue weighted by molar-refractivity contribution is 5.04. The minimum Gasteiger partial charge on any atom is -0.385 e. The van der Waals surface area contributed by atoms with Gasteiger partial charge in [0.25, 0.3) is 0 Å². The molecule has 2 unspecified atom stereocenters. The fraction of sp³-hybridized carbons (Fsp3) is 0.833. The maximum Gasteiger partial charge on any atom is 0.168 e. The van der Waals surface area contributed by atoms with Crippen molar-refractivity contribution in [1.29, 1.82) is 0 Å². The van der Waals surface area contributed by atoms with Crippen LogP contribution in [0.15, 0.2) is 0 Å². The minimum atomic E-state index is -0.415. The molecule has 5 nitrogen and oxygen atoms in total. The molecule has 2 atom stereocenters. The van der Waals surface area contributed by atoms with Crippen molar-refractivity contribution in [2.75, 3.05) is 13.1 Å². The van der Waals surface area contributed by atoms with Crippen LogP contribution in [0.2, 0.25) is 0 Å². The van der Waals surface area contributed by atoms with E-state index < -0.39 is 6.10 Å². The van der Waals surface area contributed by atoms with Crippen molar-refractivity contribution in [3.8, 4) is 0 Å². The van der Waals surface area contributed by atoms with Crippen LogP contribution in [-0.2, 0) is 6.54 Å². The van der Waals surface area contributed by atoms with Gasteiger partial charge in [-0.2, -0.15) is 5.10 Å². The highest BCUT2D eigenvalue weighted by Crippen LogP contribution is 2.31. The Morgan fingerprint density at radius 2 is 2.12 bits per heavy atom. The molecule has 3 rings (SSSR count). The second kappa shape index (κ2) is 4.38. The lowest BCUT2D eigenvalue weighted by Crippen LogP contribution is -2.23. The third-order valence-corrected chi connectivity index (χ3v) is 3.93. The van der Waals surface area contributed by atoms with E-state index in [1.807, 2.05) is 4.68 Å². The summed E-state index contributed by atoms with van der Waals surface area (Å²) in [6.45, 7) is 5.28. The van der Waals surface area contributed by atoms with Crippen molar-refractivity contribution in [3.63, 3.8) is 0 Å². The topological polar surface area (TPSA) is 54.2 Å². The van der Waals surface area contributed by atoms with Crippen molar-refractivity contribution in [3.05, 3.63) is 11.6 Å². The average molecular weight is 236 g/mol. The third-order valence-electron chi connectivity index (χ3n) is 3.93. The second-order valence-corrected chi connectivity index (χ2v) is 5.00. The van der Waals surface area contributed by atoms with Gasteiger partial charge in [-0.1, -0.05) is 6.92 Å². The Balaban J connectivity index is 1.89. The van der Waals surface area contributed by atoms with Gasteiger partial charge in [0.15, 0.2) is 11.6 Å². The Morgan fingerprint density at radius 1 is 1.29 bits per heavy atom. The van der Waals surface area contributed by atoms with Crippen LogP contribution in [0.3, 0.4) is 0 Å². The van der Waals surface area contributed by atoms with E-state index in [4.69, 9.17) is 0 Å². The van der Waals surface area contributed by atoms with Crippen LogP contribution in [0.4, 0.5) is 0 Å². The van der Waals surface area contributed by atoms with Crippen molar-refractivity contribution >= 4 is 0 Å². The first-order valence-electron chi connectivity index (χ1n) is 6.66. The molecule has 0 radical (unpaired) electrons. The van der Waals surface area contributed by atoms with E-state index in [0.717, 1.165) is 50.5 Å². The van der Waals surface area contributed by atoms with Gasteiger partial charge in [-0.3, -0.25) is 4.90 Å². The van der Waals surface area contributed by atoms with Crippen molar-refractivity contribution in [1.82, 2.24) is 19.7 Å². The van der Waals surface area contributed by atoms with E-state index in [9.17, 15) is 5.11 Å². The number of aryl methyl sites for hydroxylation is 1. The van der Waals surface area contributed by atoms with Crippen LogP contribution in [0, 0.1) is 0 Å². The molecule has 0 bridgehead atoms. The lowest BCUT2D eigenvalue weighted by molar-refractivity contribution is 0.130. The summed E-state index contributed by atoms with van der Waals surface area (Å²) in [5.41, 5.74) is 0. The molecule has 0 aromatic carbocycles. The van der Waals surface area contributed by atoms with Gasteiger partial charge in [-0.05, 0) is 38.8 Å². The fourth-order valence-electron chi connectivity index (χ4n) is 2.99. The molecule has 0 aliphatic carbocycles. The van der Waals surface area contributed by atoms with E-state index in [1.54, 1.807) is 0 Å². The maximum atomic E-state index is 9.90. The van der Waals surface area contributed by atoms with Gasteiger partial charge in [-0.15, -0.1) is 0 Å². The summed E-state index contributed by atoms with van der Waals surface area (Å²) in [5.74, 6) is 1.69. The number of hydrogen-bond acceptors (Lipinski definition) is 4. The SMILES string of the molecule is CCN1CCCC1c1nc2n(n1)CCCC2O. The Labute approximate surface area is 101 Å². The Morgan fingerprint density at radius 3 is 2.88 bits per heavy atom. The van der Waals surface area contributed by atoms with Crippen LogP contribution in [0.1, 0.15) is 56.4 Å². The molecule has 3 heterocycles. The zero-order chi connectivity index (χ0) is 11.8. The van der Waals surface area contributed by atoms with Gasteiger partial charge in [0.2, 0.25) is 0 Å². The molecule has 1 aromatic rings. The number of nitrogens with zero attached hydrogens (tertiary/aromatic N) is 4. The Kier molecular flexibility index (Phi) is 2.88. The third kappa shape index (κ3) is 1.87. The predicted molar refractivity (Wildman–Crippen MR) is 63.4 cm³/mol. The predicted octanol–water partition coefficient (Wildman–Crippen LogP) is 1.26. The number of fused-ring (bicyclic) bond motifs is 1. The summed E-state index contributed by atoms with van der Waals surface area (Å²) in [6.07, 6.45) is 3.78. The highest BCUT2D eigenvalue weighted by Gasteiger charge is 2.31. The largest absolute Gasteiger partial charge is 0.385 e. The van der Waals surface area contributed by atoms with Gasteiger partial charge < -0.3 is 5.11 Å². The van der Waals surface area contributed by atoms with Gasteiger partial charge in [0.1, 0.15) is 6.10 Å². The molecular formula is C12H20N4O.